The van der Waals surface area contributed by atoms with Crippen LogP contribution in [0, 0.1) is 5.92 Å². The van der Waals surface area contributed by atoms with E-state index in [0.717, 1.165) is 31.8 Å². The second-order valence-corrected chi connectivity index (χ2v) is 11.7. The average Bonchev–Trinajstić information content (AvgIpc) is 3.13. The van der Waals surface area contributed by atoms with Gasteiger partial charge in [0.2, 0.25) is 10.0 Å². The summed E-state index contributed by atoms with van der Waals surface area (Å²) < 4.78 is 32.2. The summed E-state index contributed by atoms with van der Waals surface area (Å²) in [6.45, 7) is 7.70. The Labute approximate surface area is 199 Å². The maximum Gasteiger partial charge on any atom is 0.243 e. The highest BCUT2D eigenvalue weighted by Crippen LogP contribution is 2.23. The van der Waals surface area contributed by atoms with Gasteiger partial charge in [0.1, 0.15) is 0 Å². The van der Waals surface area contributed by atoms with Crippen LogP contribution in [0.3, 0.4) is 0 Å². The van der Waals surface area contributed by atoms with Crippen molar-refractivity contribution in [3.05, 3.63) is 29.8 Å². The van der Waals surface area contributed by atoms with Crippen LogP contribution >= 0.6 is 0 Å². The smallest absolute Gasteiger partial charge is 0.243 e. The lowest BCUT2D eigenvalue weighted by Gasteiger charge is -2.32. The predicted octanol–water partition coefficient (Wildman–Crippen LogP) is 2.87. The van der Waals surface area contributed by atoms with Gasteiger partial charge in [-0.1, -0.05) is 25.0 Å². The predicted molar refractivity (Wildman–Crippen MR) is 129 cm³/mol. The van der Waals surface area contributed by atoms with E-state index < -0.39 is 10.0 Å². The number of piperidine rings is 1. The van der Waals surface area contributed by atoms with Gasteiger partial charge in [-0.15, -0.1) is 0 Å². The van der Waals surface area contributed by atoms with Gasteiger partial charge >= 0.3 is 0 Å². The second-order valence-electron chi connectivity index (χ2n) is 9.73. The highest BCUT2D eigenvalue weighted by atomic mass is 32.2. The number of benzene rings is 1. The van der Waals surface area contributed by atoms with Crippen molar-refractivity contribution in [3.8, 4) is 0 Å². The minimum Gasteiger partial charge on any atom is -0.379 e. The van der Waals surface area contributed by atoms with Crippen molar-refractivity contribution >= 4 is 15.8 Å². The number of carbonyl (C=O) groups is 1. The lowest BCUT2D eigenvalue weighted by molar-refractivity contribution is 0.0730. The molecule has 0 N–H and O–H groups in total. The summed E-state index contributed by atoms with van der Waals surface area (Å²) in [6, 6.07) is 6.44. The van der Waals surface area contributed by atoms with Gasteiger partial charge in [0.15, 0.2) is 5.78 Å². The highest BCUT2D eigenvalue weighted by molar-refractivity contribution is 7.89. The third-order valence-corrected chi connectivity index (χ3v) is 9.32. The Morgan fingerprint density at radius 2 is 1.48 bits per heavy atom. The molecule has 3 saturated heterocycles. The van der Waals surface area contributed by atoms with Crippen molar-refractivity contribution in [2.24, 2.45) is 5.92 Å². The number of likely N-dealkylation sites (tertiary alicyclic amines) is 2. The summed E-state index contributed by atoms with van der Waals surface area (Å²) >= 11 is 0. The lowest BCUT2D eigenvalue weighted by Crippen LogP contribution is -2.40. The molecule has 0 atom stereocenters. The molecule has 7 nitrogen and oxygen atoms in total. The Morgan fingerprint density at radius 3 is 2.12 bits per heavy atom. The largest absolute Gasteiger partial charge is 0.379 e. The van der Waals surface area contributed by atoms with Crippen molar-refractivity contribution in [2.75, 3.05) is 65.6 Å². The highest BCUT2D eigenvalue weighted by Gasteiger charge is 2.27. The van der Waals surface area contributed by atoms with Crippen LogP contribution in [0.15, 0.2) is 29.2 Å². The van der Waals surface area contributed by atoms with Crippen molar-refractivity contribution < 1.29 is 17.9 Å². The summed E-state index contributed by atoms with van der Waals surface area (Å²) in [4.78, 5) is 17.9. The molecule has 33 heavy (non-hydrogen) atoms. The van der Waals surface area contributed by atoms with Crippen LogP contribution in [-0.2, 0) is 14.8 Å². The second kappa shape index (κ2) is 11.9. The molecule has 3 aliphatic heterocycles. The maximum absolute atomic E-state index is 12.8. The molecule has 0 unspecified atom stereocenters. The molecule has 0 aromatic heterocycles. The number of morpholine rings is 1. The number of ketones is 1. The van der Waals surface area contributed by atoms with E-state index >= 15 is 0 Å². The van der Waals surface area contributed by atoms with Gasteiger partial charge in [-0.05, 0) is 82.9 Å². The number of carbonyl (C=O) groups excluding carboxylic acids is 1. The van der Waals surface area contributed by atoms with E-state index in [2.05, 4.69) is 9.80 Å². The van der Waals surface area contributed by atoms with Gasteiger partial charge in [0.05, 0.1) is 24.7 Å². The lowest BCUT2D eigenvalue weighted by atomic mass is 9.93. The normalized spacial score (nSPS) is 22.8. The minimum absolute atomic E-state index is 0.0633. The van der Waals surface area contributed by atoms with Crippen LogP contribution in [0.5, 0.6) is 0 Å². The number of hydrogen-bond acceptors (Lipinski definition) is 6. The standard InChI is InChI=1S/C25H39N3O4S/c29-25(23-5-7-24(8-6-23)33(30,31)28-17-19-32-20-18-28)21-27-15-10-22(11-16-27)9-14-26-12-3-1-2-4-13-26/h5-8,22H,1-4,9-21H2. The Kier molecular flexibility index (Phi) is 8.93. The fourth-order valence-corrected chi connectivity index (χ4v) is 6.61. The minimum atomic E-state index is -3.53. The molecule has 3 fully saturated rings. The van der Waals surface area contributed by atoms with Crippen molar-refractivity contribution in [3.63, 3.8) is 0 Å². The van der Waals surface area contributed by atoms with E-state index in [1.165, 1.54) is 56.0 Å². The molecule has 3 aliphatic rings. The van der Waals surface area contributed by atoms with Gasteiger partial charge < -0.3 is 9.64 Å². The van der Waals surface area contributed by atoms with Crippen molar-refractivity contribution in [1.82, 2.24) is 14.1 Å². The number of nitrogens with zero attached hydrogens (tertiary/aromatic N) is 3. The Hall–Kier alpha value is -1.32. The molecule has 1 aromatic carbocycles. The average molecular weight is 478 g/mol. The molecule has 4 rings (SSSR count). The summed E-state index contributed by atoms with van der Waals surface area (Å²) in [5.74, 6) is 0.831. The SMILES string of the molecule is O=C(CN1CCC(CCN2CCCCCC2)CC1)c1ccc(S(=O)(=O)N2CCOCC2)cc1. The van der Waals surface area contributed by atoms with Gasteiger partial charge in [-0.2, -0.15) is 4.31 Å². The third kappa shape index (κ3) is 6.85. The van der Waals surface area contributed by atoms with Crippen molar-refractivity contribution in [2.45, 2.75) is 49.8 Å². The zero-order valence-corrected chi connectivity index (χ0v) is 20.6. The molecule has 0 aliphatic carbocycles. The van der Waals surface area contributed by atoms with Crippen LogP contribution in [0.2, 0.25) is 0 Å². The van der Waals surface area contributed by atoms with Crippen LogP contribution in [0.1, 0.15) is 55.3 Å². The molecule has 0 spiro atoms. The molecule has 3 heterocycles. The maximum atomic E-state index is 12.8. The number of ether oxygens (including phenoxy) is 1. The quantitative estimate of drug-likeness (QED) is 0.537. The summed E-state index contributed by atoms with van der Waals surface area (Å²) in [5.41, 5.74) is 0.583. The third-order valence-electron chi connectivity index (χ3n) is 7.41. The molecular formula is C25H39N3O4S. The first-order valence-corrected chi connectivity index (χ1v) is 14.1. The molecule has 0 bridgehead atoms. The molecule has 184 valence electrons. The number of Topliss-reactive ketones (excluding diaryl/α,β-unsaturated/α-hetero) is 1. The summed E-state index contributed by atoms with van der Waals surface area (Å²) in [5, 5.41) is 0. The van der Waals surface area contributed by atoms with Crippen LogP contribution < -0.4 is 0 Å². The fraction of sp³-hybridized carbons (Fsp3) is 0.720. The van der Waals surface area contributed by atoms with E-state index in [1.807, 2.05) is 0 Å². The number of sulfonamides is 1. The van der Waals surface area contributed by atoms with E-state index in [0.29, 0.717) is 38.4 Å². The van der Waals surface area contributed by atoms with Crippen LogP contribution in [0.4, 0.5) is 0 Å². The van der Waals surface area contributed by atoms with Gasteiger partial charge in [0, 0.05) is 18.7 Å². The zero-order valence-electron chi connectivity index (χ0n) is 19.8. The molecule has 0 radical (unpaired) electrons. The summed E-state index contributed by atoms with van der Waals surface area (Å²) in [7, 11) is -3.53. The molecule has 0 saturated carbocycles. The van der Waals surface area contributed by atoms with E-state index in [9.17, 15) is 13.2 Å². The Balaban J connectivity index is 1.22. The van der Waals surface area contributed by atoms with Crippen molar-refractivity contribution in [1.29, 1.82) is 0 Å². The van der Waals surface area contributed by atoms with Crippen LogP contribution in [0.25, 0.3) is 0 Å². The topological polar surface area (TPSA) is 70.2 Å². The van der Waals surface area contributed by atoms with Gasteiger partial charge in [-0.25, -0.2) is 8.42 Å². The monoisotopic (exact) mass is 477 g/mol. The molecule has 8 heteroatoms. The van der Waals surface area contributed by atoms with E-state index in [-0.39, 0.29) is 10.7 Å². The Morgan fingerprint density at radius 1 is 0.848 bits per heavy atom. The van der Waals surface area contributed by atoms with Crippen LogP contribution in [-0.4, -0.2) is 93.9 Å². The first kappa shape index (κ1) is 24.8. The molecular weight excluding hydrogens is 438 g/mol. The molecule has 0 amide bonds. The summed E-state index contributed by atoms with van der Waals surface area (Å²) in [6.07, 6.45) is 9.07. The van der Waals surface area contributed by atoms with Gasteiger partial charge in [0.25, 0.3) is 0 Å². The zero-order chi connectivity index (χ0) is 23.1. The fourth-order valence-electron chi connectivity index (χ4n) is 5.20. The van der Waals surface area contributed by atoms with E-state index in [1.54, 1.807) is 24.3 Å². The Bertz CT molecular complexity index is 852. The number of hydrogen-bond donors (Lipinski definition) is 0. The van der Waals surface area contributed by atoms with Gasteiger partial charge in [-0.3, -0.25) is 9.69 Å². The number of rotatable bonds is 8. The first-order chi connectivity index (χ1) is 16.0. The molecule has 1 aromatic rings. The first-order valence-electron chi connectivity index (χ1n) is 12.7. The van der Waals surface area contributed by atoms with E-state index in [4.69, 9.17) is 4.74 Å².